The lowest BCUT2D eigenvalue weighted by molar-refractivity contribution is 0.209. The molecule has 1 aliphatic rings. The van der Waals surface area contributed by atoms with Crippen LogP contribution < -0.4 is 4.90 Å². The van der Waals surface area contributed by atoms with Gasteiger partial charge in [0.05, 0.1) is 12.2 Å². The quantitative estimate of drug-likeness (QED) is 0.798. The summed E-state index contributed by atoms with van der Waals surface area (Å²) in [6.45, 7) is 3.51. The number of anilines is 1. The molecule has 0 aromatic carbocycles. The fraction of sp³-hybridized carbons (Fsp3) is 0.692. The lowest BCUT2D eigenvalue weighted by Crippen LogP contribution is -2.39. The Morgan fingerprint density at radius 3 is 2.95 bits per heavy atom. The first-order valence-corrected chi connectivity index (χ1v) is 7.26. The van der Waals surface area contributed by atoms with Crippen molar-refractivity contribution in [3.8, 4) is 0 Å². The molecule has 22 heavy (non-hydrogen) atoms. The molecule has 0 saturated carbocycles. The first-order valence-electron chi connectivity index (χ1n) is 7.26. The van der Waals surface area contributed by atoms with Crippen molar-refractivity contribution in [2.75, 3.05) is 25.0 Å². The van der Waals surface area contributed by atoms with Crippen molar-refractivity contribution < 1.29 is 8.91 Å². The van der Waals surface area contributed by atoms with Crippen molar-refractivity contribution in [2.24, 2.45) is 7.05 Å². The van der Waals surface area contributed by atoms with Crippen molar-refractivity contribution in [1.29, 1.82) is 0 Å². The summed E-state index contributed by atoms with van der Waals surface area (Å²) < 4.78 is 20.7. The smallest absolute Gasteiger partial charge is 0.245 e. The molecule has 1 fully saturated rings. The Morgan fingerprint density at radius 1 is 1.50 bits per heavy atom. The molecule has 0 N–H and O–H groups in total. The van der Waals surface area contributed by atoms with E-state index in [1.54, 1.807) is 11.7 Å². The lowest BCUT2D eigenvalue weighted by atomic mass is 10.2. The summed E-state index contributed by atoms with van der Waals surface area (Å²) in [4.78, 5) is 4.03. The standard InChI is InChI=1S/C13H20FN7O/c1-9-4-12(22-16-9)8-21-6-10(14)5-11(21)7-19(2)13-15-17-18-20(13)3/h4,10-11H,5-8H2,1-3H3/t10-,11-/m0/s1. The Balaban J connectivity index is 1.67. The zero-order valence-corrected chi connectivity index (χ0v) is 13.0. The molecule has 3 heterocycles. The van der Waals surface area contributed by atoms with E-state index in [1.165, 1.54) is 0 Å². The van der Waals surface area contributed by atoms with E-state index in [9.17, 15) is 4.39 Å². The van der Waals surface area contributed by atoms with Gasteiger partial charge >= 0.3 is 0 Å². The molecule has 9 heteroatoms. The molecule has 2 atom stereocenters. The molecule has 1 saturated heterocycles. The van der Waals surface area contributed by atoms with E-state index in [0.717, 1.165) is 11.5 Å². The predicted molar refractivity (Wildman–Crippen MR) is 77.0 cm³/mol. The van der Waals surface area contributed by atoms with Gasteiger partial charge < -0.3 is 9.42 Å². The highest BCUT2D eigenvalue weighted by molar-refractivity contribution is 5.26. The zero-order valence-electron chi connectivity index (χ0n) is 13.0. The predicted octanol–water partition coefficient (Wildman–Crippen LogP) is 0.555. The minimum absolute atomic E-state index is 0.0853. The minimum Gasteiger partial charge on any atom is -0.360 e. The number of nitrogens with zero attached hydrogens (tertiary/aromatic N) is 7. The molecule has 120 valence electrons. The zero-order chi connectivity index (χ0) is 15.7. The Kier molecular flexibility index (Phi) is 4.06. The van der Waals surface area contributed by atoms with Crippen LogP contribution in [0.4, 0.5) is 10.3 Å². The van der Waals surface area contributed by atoms with Crippen LogP contribution in [0.2, 0.25) is 0 Å². The van der Waals surface area contributed by atoms with Gasteiger partial charge in [0.25, 0.3) is 0 Å². The summed E-state index contributed by atoms with van der Waals surface area (Å²) in [7, 11) is 3.70. The molecule has 2 aromatic heterocycles. The summed E-state index contributed by atoms with van der Waals surface area (Å²) in [5.74, 6) is 1.43. The van der Waals surface area contributed by atoms with Gasteiger partial charge in [-0.2, -0.15) is 0 Å². The molecule has 0 radical (unpaired) electrons. The van der Waals surface area contributed by atoms with Crippen LogP contribution in [0.25, 0.3) is 0 Å². The van der Waals surface area contributed by atoms with Crippen LogP contribution in [0.3, 0.4) is 0 Å². The molecule has 3 rings (SSSR count). The summed E-state index contributed by atoms with van der Waals surface area (Å²) in [6, 6.07) is 1.97. The number of hydrogen-bond donors (Lipinski definition) is 0. The number of aromatic nitrogens is 5. The van der Waals surface area contributed by atoms with Gasteiger partial charge in [-0.05, 0) is 23.8 Å². The van der Waals surface area contributed by atoms with Crippen LogP contribution in [-0.4, -0.2) is 62.6 Å². The van der Waals surface area contributed by atoms with Gasteiger partial charge in [0, 0.05) is 39.3 Å². The Labute approximate surface area is 127 Å². The molecule has 0 amide bonds. The molecule has 0 aliphatic carbocycles. The highest BCUT2D eigenvalue weighted by Crippen LogP contribution is 2.24. The summed E-state index contributed by atoms with van der Waals surface area (Å²) in [5.41, 5.74) is 0.838. The number of hydrogen-bond acceptors (Lipinski definition) is 7. The van der Waals surface area contributed by atoms with Crippen molar-refractivity contribution in [3.63, 3.8) is 0 Å². The van der Waals surface area contributed by atoms with Gasteiger partial charge in [-0.1, -0.05) is 10.3 Å². The highest BCUT2D eigenvalue weighted by atomic mass is 19.1. The van der Waals surface area contributed by atoms with Gasteiger partial charge in [0.1, 0.15) is 6.17 Å². The summed E-state index contributed by atoms with van der Waals surface area (Å²) in [5, 5.41) is 15.3. The van der Waals surface area contributed by atoms with Crippen molar-refractivity contribution in [1.82, 2.24) is 30.3 Å². The number of alkyl halides is 1. The number of rotatable bonds is 5. The van der Waals surface area contributed by atoms with Crippen molar-refractivity contribution in [2.45, 2.75) is 32.1 Å². The maximum Gasteiger partial charge on any atom is 0.245 e. The Hall–Kier alpha value is -2.03. The number of aryl methyl sites for hydroxylation is 2. The fourth-order valence-corrected chi connectivity index (χ4v) is 2.94. The molecule has 1 aliphatic heterocycles. The van der Waals surface area contributed by atoms with Crippen molar-refractivity contribution >= 4 is 5.95 Å². The van der Waals surface area contributed by atoms with Crippen LogP contribution in [0.15, 0.2) is 10.6 Å². The molecular weight excluding hydrogens is 289 g/mol. The van der Waals surface area contributed by atoms with Crippen LogP contribution in [0, 0.1) is 6.92 Å². The average molecular weight is 309 g/mol. The molecule has 0 unspecified atom stereocenters. The monoisotopic (exact) mass is 309 g/mol. The molecule has 0 bridgehead atoms. The van der Waals surface area contributed by atoms with E-state index >= 15 is 0 Å². The summed E-state index contributed by atoms with van der Waals surface area (Å²) in [6.07, 6.45) is -0.317. The molecule has 0 spiro atoms. The fourth-order valence-electron chi connectivity index (χ4n) is 2.94. The van der Waals surface area contributed by atoms with Gasteiger partial charge in [-0.15, -0.1) is 0 Å². The normalized spacial score (nSPS) is 22.4. The van der Waals surface area contributed by atoms with Crippen LogP contribution in [0.1, 0.15) is 17.9 Å². The van der Waals surface area contributed by atoms with Crippen LogP contribution in [-0.2, 0) is 13.6 Å². The number of halogens is 1. The third-order valence-electron chi connectivity index (χ3n) is 3.94. The first-order chi connectivity index (χ1) is 10.5. The number of tetrazole rings is 1. The number of likely N-dealkylation sites (tertiary alicyclic amines) is 1. The second kappa shape index (κ2) is 5.99. The van der Waals surface area contributed by atoms with Crippen molar-refractivity contribution in [3.05, 3.63) is 17.5 Å². The van der Waals surface area contributed by atoms with E-state index in [2.05, 4.69) is 25.6 Å². The van der Waals surface area contributed by atoms with Crippen LogP contribution in [0.5, 0.6) is 0 Å². The third-order valence-corrected chi connectivity index (χ3v) is 3.94. The second-order valence-corrected chi connectivity index (χ2v) is 5.83. The topological polar surface area (TPSA) is 76.1 Å². The lowest BCUT2D eigenvalue weighted by Gasteiger charge is -2.27. The van der Waals surface area contributed by atoms with Gasteiger partial charge in [0.15, 0.2) is 5.76 Å². The molecule has 2 aromatic rings. The van der Waals surface area contributed by atoms with E-state index in [1.807, 2.05) is 24.9 Å². The molecule has 8 nitrogen and oxygen atoms in total. The number of likely N-dealkylation sites (N-methyl/N-ethyl adjacent to an activating group) is 1. The minimum atomic E-state index is -0.819. The van der Waals surface area contributed by atoms with E-state index in [0.29, 0.717) is 32.0 Å². The van der Waals surface area contributed by atoms with E-state index in [-0.39, 0.29) is 6.04 Å². The van der Waals surface area contributed by atoms with Crippen LogP contribution >= 0.6 is 0 Å². The third kappa shape index (κ3) is 3.08. The maximum atomic E-state index is 13.9. The average Bonchev–Trinajstić information content (AvgIpc) is 3.13. The van der Waals surface area contributed by atoms with E-state index < -0.39 is 6.17 Å². The molecular formula is C13H20FN7O. The Morgan fingerprint density at radius 2 is 2.32 bits per heavy atom. The summed E-state index contributed by atoms with van der Waals surface area (Å²) >= 11 is 0. The maximum absolute atomic E-state index is 13.9. The van der Waals surface area contributed by atoms with E-state index in [4.69, 9.17) is 4.52 Å². The second-order valence-electron chi connectivity index (χ2n) is 5.83. The SMILES string of the molecule is Cc1cc(CN2C[C@@H](F)C[C@H]2CN(C)c2nnnn2C)on1. The van der Waals surface area contributed by atoms with Gasteiger partial charge in [-0.3, -0.25) is 4.90 Å². The highest BCUT2D eigenvalue weighted by Gasteiger charge is 2.34. The van der Waals surface area contributed by atoms with Gasteiger partial charge in [0.2, 0.25) is 5.95 Å². The largest absolute Gasteiger partial charge is 0.360 e. The Bertz CT molecular complexity index is 627. The first kappa shape index (κ1) is 14.9. The van der Waals surface area contributed by atoms with Gasteiger partial charge in [-0.25, -0.2) is 9.07 Å².